The molecular weight excluding hydrogens is 697 g/mol. The van der Waals surface area contributed by atoms with Gasteiger partial charge < -0.3 is 4.42 Å². The molecule has 0 saturated carbocycles. The maximum Gasteiger partial charge on any atom is 0.253 e. The Morgan fingerprint density at radius 1 is 0.421 bits per heavy atom. The van der Waals surface area contributed by atoms with Gasteiger partial charge in [-0.3, -0.25) is 0 Å². The van der Waals surface area contributed by atoms with Gasteiger partial charge in [-0.1, -0.05) is 152 Å². The Labute approximate surface area is 327 Å². The third-order valence-electron chi connectivity index (χ3n) is 12.3. The highest BCUT2D eigenvalue weighted by molar-refractivity contribution is 6.14. The van der Waals surface area contributed by atoms with E-state index in [0.29, 0.717) is 11.6 Å². The van der Waals surface area contributed by atoms with E-state index in [0.717, 1.165) is 60.8 Å². The summed E-state index contributed by atoms with van der Waals surface area (Å²) in [6, 6.07) is 65.1. The summed E-state index contributed by atoms with van der Waals surface area (Å²) in [5, 5.41) is 8.21. The number of aromatic nitrogens is 4. The maximum absolute atomic E-state index is 6.26. The summed E-state index contributed by atoms with van der Waals surface area (Å²) in [6.07, 6.45) is 0. The third-order valence-corrected chi connectivity index (χ3v) is 12.3. The monoisotopic (exact) mass is 726 g/mol. The fourth-order valence-corrected chi connectivity index (χ4v) is 9.97. The molecule has 8 aromatic carbocycles. The summed E-state index contributed by atoms with van der Waals surface area (Å²) in [4.78, 5) is 10.3. The predicted octanol–water partition coefficient (Wildman–Crippen LogP) is 12.5. The zero-order chi connectivity index (χ0) is 37.2. The average molecular weight is 727 g/mol. The highest BCUT2D eigenvalue weighted by atomic mass is 16.3. The van der Waals surface area contributed by atoms with Crippen LogP contribution < -0.4 is 0 Å². The summed E-state index contributed by atoms with van der Waals surface area (Å²) >= 11 is 0. The zero-order valence-corrected chi connectivity index (χ0v) is 30.5. The van der Waals surface area contributed by atoms with Gasteiger partial charge in [0, 0.05) is 27.3 Å². The molecule has 5 nitrogen and oxygen atoms in total. The van der Waals surface area contributed by atoms with Crippen molar-refractivity contribution in [2.24, 2.45) is 0 Å². The lowest BCUT2D eigenvalue weighted by Crippen LogP contribution is -2.25. The van der Waals surface area contributed by atoms with E-state index < -0.39 is 5.41 Å². The number of hydrogen-bond donors (Lipinski definition) is 0. The van der Waals surface area contributed by atoms with Crippen molar-refractivity contribution in [1.29, 1.82) is 0 Å². The first-order valence-corrected chi connectivity index (χ1v) is 19.4. The highest BCUT2D eigenvalue weighted by Crippen LogP contribution is 2.63. The van der Waals surface area contributed by atoms with E-state index in [1.807, 2.05) is 40.9 Å². The molecule has 0 unspecified atom stereocenters. The van der Waals surface area contributed by atoms with E-state index in [2.05, 4.69) is 146 Å². The Morgan fingerprint density at radius 2 is 1.00 bits per heavy atom. The van der Waals surface area contributed by atoms with E-state index in [1.165, 1.54) is 44.5 Å². The number of furan rings is 1. The van der Waals surface area contributed by atoms with E-state index in [1.54, 1.807) is 0 Å². The molecule has 0 N–H and O–H groups in total. The summed E-state index contributed by atoms with van der Waals surface area (Å²) in [6.45, 7) is 0. The van der Waals surface area contributed by atoms with Crippen LogP contribution >= 0.6 is 0 Å². The van der Waals surface area contributed by atoms with Crippen LogP contribution in [0.25, 0.3) is 94.6 Å². The molecule has 11 aromatic rings. The summed E-state index contributed by atoms with van der Waals surface area (Å²) < 4.78 is 8.14. The number of benzene rings is 8. The van der Waals surface area contributed by atoms with Gasteiger partial charge in [-0.05, 0) is 86.0 Å². The van der Waals surface area contributed by atoms with Gasteiger partial charge in [0.2, 0.25) is 0 Å². The molecular formula is C52H30N4O. The van der Waals surface area contributed by atoms with Crippen LogP contribution in [0, 0.1) is 0 Å². The topological polar surface area (TPSA) is 56.2 Å². The van der Waals surface area contributed by atoms with Gasteiger partial charge in [0.1, 0.15) is 11.2 Å². The molecule has 1 spiro atoms. The lowest BCUT2D eigenvalue weighted by molar-refractivity contribution is 0.669. The quantitative estimate of drug-likeness (QED) is 0.182. The number of rotatable bonds is 3. The van der Waals surface area contributed by atoms with E-state index in [9.17, 15) is 0 Å². The first-order chi connectivity index (χ1) is 28.3. The highest BCUT2D eigenvalue weighted by Gasteiger charge is 2.51. The van der Waals surface area contributed by atoms with E-state index in [-0.39, 0.29) is 0 Å². The normalized spacial score (nSPS) is 13.4. The van der Waals surface area contributed by atoms with Crippen LogP contribution in [-0.2, 0) is 5.41 Å². The second-order valence-electron chi connectivity index (χ2n) is 15.1. The lowest BCUT2D eigenvalue weighted by Gasteiger charge is -2.30. The van der Waals surface area contributed by atoms with Crippen molar-refractivity contribution in [3.63, 3.8) is 0 Å². The van der Waals surface area contributed by atoms with Crippen LogP contribution in [0.15, 0.2) is 186 Å². The molecule has 0 radical (unpaired) electrons. The lowest BCUT2D eigenvalue weighted by atomic mass is 9.70. The average Bonchev–Trinajstić information content (AvgIpc) is 4.03. The van der Waals surface area contributed by atoms with Gasteiger partial charge in [-0.2, -0.15) is 9.50 Å². The van der Waals surface area contributed by atoms with Crippen molar-refractivity contribution in [1.82, 2.24) is 19.6 Å². The third kappa shape index (κ3) is 4.04. The van der Waals surface area contributed by atoms with Gasteiger partial charge in [-0.25, -0.2) is 4.98 Å². The van der Waals surface area contributed by atoms with Crippen molar-refractivity contribution >= 4 is 38.6 Å². The van der Waals surface area contributed by atoms with E-state index >= 15 is 0 Å². The van der Waals surface area contributed by atoms with Crippen molar-refractivity contribution in [3.8, 4) is 56.0 Å². The molecule has 3 aromatic heterocycles. The van der Waals surface area contributed by atoms with Crippen LogP contribution in [0.2, 0.25) is 0 Å². The first kappa shape index (κ1) is 30.7. The van der Waals surface area contributed by atoms with Crippen molar-refractivity contribution in [2.45, 2.75) is 5.41 Å². The second-order valence-corrected chi connectivity index (χ2v) is 15.1. The molecule has 3 heterocycles. The molecule has 0 amide bonds. The van der Waals surface area contributed by atoms with E-state index in [4.69, 9.17) is 19.5 Å². The molecule has 0 saturated heterocycles. The molecule has 0 bridgehead atoms. The zero-order valence-electron chi connectivity index (χ0n) is 30.5. The van der Waals surface area contributed by atoms with Gasteiger partial charge in [-0.15, -0.1) is 5.10 Å². The smallest absolute Gasteiger partial charge is 0.253 e. The maximum atomic E-state index is 6.26. The predicted molar refractivity (Wildman–Crippen MR) is 228 cm³/mol. The SMILES string of the molecule is c1cc(-c2ccc3c(c2)C2(c4ccccc4-c4ccccc42)c2ccccc2-3)cc(-c2nc3nc(-c4cccc5oc6ccccc6c45)c4ccccc4n3n2)c1. The minimum absolute atomic E-state index is 0.395. The summed E-state index contributed by atoms with van der Waals surface area (Å²) in [7, 11) is 0. The first-order valence-electron chi connectivity index (χ1n) is 19.4. The minimum Gasteiger partial charge on any atom is -0.456 e. The fraction of sp³-hybridized carbons (Fsp3) is 0.0192. The molecule has 13 rings (SSSR count). The largest absolute Gasteiger partial charge is 0.456 e. The van der Waals surface area contributed by atoms with Crippen LogP contribution in [0.1, 0.15) is 22.3 Å². The molecule has 57 heavy (non-hydrogen) atoms. The Hall–Kier alpha value is -7.63. The number of nitrogens with zero attached hydrogens (tertiary/aromatic N) is 4. The molecule has 264 valence electrons. The van der Waals surface area contributed by atoms with Crippen LogP contribution in [0.3, 0.4) is 0 Å². The van der Waals surface area contributed by atoms with Crippen LogP contribution in [0.4, 0.5) is 0 Å². The minimum atomic E-state index is -0.395. The Bertz CT molecular complexity index is 3440. The fourth-order valence-electron chi connectivity index (χ4n) is 9.97. The Kier molecular flexibility index (Phi) is 6.04. The molecule has 0 aliphatic heterocycles. The van der Waals surface area contributed by atoms with Gasteiger partial charge in [0.15, 0.2) is 5.82 Å². The molecule has 5 heteroatoms. The molecule has 2 aliphatic carbocycles. The Morgan fingerprint density at radius 3 is 1.77 bits per heavy atom. The van der Waals surface area contributed by atoms with Crippen LogP contribution in [-0.4, -0.2) is 19.6 Å². The van der Waals surface area contributed by atoms with Gasteiger partial charge in [0.25, 0.3) is 5.78 Å². The summed E-state index contributed by atoms with van der Waals surface area (Å²) in [5.74, 6) is 1.17. The number of hydrogen-bond acceptors (Lipinski definition) is 4. The van der Waals surface area contributed by atoms with Crippen molar-refractivity contribution < 1.29 is 4.42 Å². The van der Waals surface area contributed by atoms with Crippen molar-refractivity contribution in [3.05, 3.63) is 204 Å². The number of para-hydroxylation sites is 2. The number of fused-ring (bicyclic) bond motifs is 16. The molecule has 0 fully saturated rings. The Balaban J connectivity index is 0.973. The summed E-state index contributed by atoms with van der Waals surface area (Å²) in [5.41, 5.74) is 17.8. The van der Waals surface area contributed by atoms with Gasteiger partial charge >= 0.3 is 0 Å². The molecule has 2 aliphatic rings. The molecule has 0 atom stereocenters. The second kappa shape index (κ2) is 11.2. The van der Waals surface area contributed by atoms with Crippen molar-refractivity contribution in [2.75, 3.05) is 0 Å². The van der Waals surface area contributed by atoms with Crippen LogP contribution in [0.5, 0.6) is 0 Å². The van der Waals surface area contributed by atoms with Gasteiger partial charge in [0.05, 0.1) is 16.6 Å². The standard InChI is InChI=1S/C52H30N4O/c1-6-21-41-34(15-1)35-16-2-7-22-42(35)52(41)43-23-8-3-17-36(43)37-28-27-32(30-44(37)52)31-13-11-14-33(29-31)50-54-51-53-49(38-18-4-9-24-45(38)56(51)55-50)40-20-12-26-47-48(40)39-19-5-10-25-46(39)57-47/h1-30H.